The van der Waals surface area contributed by atoms with Gasteiger partial charge in [0.1, 0.15) is 10.5 Å². The van der Waals surface area contributed by atoms with Crippen LogP contribution in [0, 0.1) is 6.92 Å². The second kappa shape index (κ2) is 7.93. The minimum Gasteiger partial charge on any atom is -0.431 e. The van der Waals surface area contributed by atoms with Crippen molar-refractivity contribution in [3.05, 3.63) is 72.3 Å². The molecule has 148 valence electrons. The van der Waals surface area contributed by atoms with Crippen molar-refractivity contribution >= 4 is 56.0 Å². The molecule has 0 radical (unpaired) electrons. The summed E-state index contributed by atoms with van der Waals surface area (Å²) < 4.78 is 6.80. The number of benzene rings is 3. The highest BCUT2D eigenvalue weighted by Crippen LogP contribution is 2.31. The van der Waals surface area contributed by atoms with Gasteiger partial charge in [0.25, 0.3) is 5.22 Å². The second-order valence-electron chi connectivity index (χ2n) is 6.85. The number of aromatic nitrogens is 2. The van der Waals surface area contributed by atoms with Crippen molar-refractivity contribution in [2.24, 2.45) is 0 Å². The normalized spacial score (nSPS) is 11.2. The van der Waals surface area contributed by atoms with Crippen LogP contribution in [0.3, 0.4) is 0 Å². The summed E-state index contributed by atoms with van der Waals surface area (Å²) in [5.74, 6) is 0.122. The Hall–Kier alpha value is -3.16. The number of nitrogens with one attached hydrogen (secondary N) is 1. The third-order valence-corrected chi connectivity index (χ3v) is 6.47. The number of rotatable bonds is 5. The van der Waals surface area contributed by atoms with Crippen LogP contribution >= 0.6 is 23.1 Å². The molecule has 5 aromatic rings. The van der Waals surface area contributed by atoms with E-state index < -0.39 is 0 Å². The van der Waals surface area contributed by atoms with Crippen LogP contribution in [0.25, 0.3) is 31.9 Å². The first-order valence-electron chi connectivity index (χ1n) is 9.40. The van der Waals surface area contributed by atoms with E-state index in [1.807, 2.05) is 48.5 Å². The number of hydrogen-bond acceptors (Lipinski definition) is 6. The Kier molecular flexibility index (Phi) is 4.98. The van der Waals surface area contributed by atoms with Crippen molar-refractivity contribution in [1.82, 2.24) is 9.97 Å². The average Bonchev–Trinajstić information content (AvgIpc) is 3.36. The van der Waals surface area contributed by atoms with Gasteiger partial charge in [-0.1, -0.05) is 30.0 Å². The zero-order valence-corrected chi connectivity index (χ0v) is 17.7. The SMILES string of the molecule is Cc1ccc2sc(-c3ccc(NC(=O)CSc4nc5ccccc5o4)cc3)nc2c1. The van der Waals surface area contributed by atoms with Crippen molar-refractivity contribution in [1.29, 1.82) is 0 Å². The minimum atomic E-state index is -0.106. The van der Waals surface area contributed by atoms with Crippen LogP contribution in [0.15, 0.2) is 76.4 Å². The monoisotopic (exact) mass is 431 g/mol. The molecular weight excluding hydrogens is 414 g/mol. The van der Waals surface area contributed by atoms with Gasteiger partial charge in [0.05, 0.1) is 16.0 Å². The van der Waals surface area contributed by atoms with E-state index in [1.54, 1.807) is 11.3 Å². The quantitative estimate of drug-likeness (QED) is 0.338. The average molecular weight is 432 g/mol. The molecule has 5 nitrogen and oxygen atoms in total. The predicted octanol–water partition coefficient (Wildman–Crippen LogP) is 6.14. The molecule has 0 atom stereocenters. The zero-order chi connectivity index (χ0) is 20.5. The molecule has 0 aliphatic rings. The van der Waals surface area contributed by atoms with E-state index in [-0.39, 0.29) is 11.7 Å². The second-order valence-corrected chi connectivity index (χ2v) is 8.81. The van der Waals surface area contributed by atoms with Gasteiger partial charge in [0.15, 0.2) is 5.58 Å². The highest BCUT2D eigenvalue weighted by molar-refractivity contribution is 7.99. The van der Waals surface area contributed by atoms with Crippen LogP contribution < -0.4 is 5.32 Å². The van der Waals surface area contributed by atoms with E-state index in [0.29, 0.717) is 5.22 Å². The number of amides is 1. The predicted molar refractivity (Wildman–Crippen MR) is 123 cm³/mol. The van der Waals surface area contributed by atoms with Gasteiger partial charge in [-0.2, -0.15) is 0 Å². The Morgan fingerprint density at radius 2 is 1.87 bits per heavy atom. The van der Waals surface area contributed by atoms with Crippen molar-refractivity contribution in [2.75, 3.05) is 11.1 Å². The van der Waals surface area contributed by atoms with E-state index >= 15 is 0 Å². The molecule has 0 fully saturated rings. The topological polar surface area (TPSA) is 68.0 Å². The van der Waals surface area contributed by atoms with Crippen LogP contribution in [0.2, 0.25) is 0 Å². The Morgan fingerprint density at radius 1 is 1.03 bits per heavy atom. The molecule has 2 heterocycles. The van der Waals surface area contributed by atoms with E-state index in [9.17, 15) is 4.79 Å². The first-order chi connectivity index (χ1) is 14.6. The van der Waals surface area contributed by atoms with Crippen LogP contribution in [0.4, 0.5) is 5.69 Å². The van der Waals surface area contributed by atoms with Gasteiger partial charge >= 0.3 is 0 Å². The van der Waals surface area contributed by atoms with Crippen LogP contribution in [-0.4, -0.2) is 21.6 Å². The molecule has 0 saturated carbocycles. The Bertz CT molecular complexity index is 1320. The minimum absolute atomic E-state index is 0.106. The number of para-hydroxylation sites is 2. The van der Waals surface area contributed by atoms with Crippen molar-refractivity contribution < 1.29 is 9.21 Å². The number of fused-ring (bicyclic) bond motifs is 2. The lowest BCUT2D eigenvalue weighted by atomic mass is 10.2. The fourth-order valence-corrected chi connectivity index (χ4v) is 4.68. The summed E-state index contributed by atoms with van der Waals surface area (Å²) in [5.41, 5.74) is 5.52. The van der Waals surface area contributed by atoms with E-state index in [0.717, 1.165) is 32.9 Å². The smallest absolute Gasteiger partial charge is 0.257 e. The fourth-order valence-electron chi connectivity index (χ4n) is 3.09. The third-order valence-electron chi connectivity index (χ3n) is 4.56. The largest absolute Gasteiger partial charge is 0.431 e. The molecule has 1 amide bonds. The van der Waals surface area contributed by atoms with E-state index in [1.165, 1.54) is 22.0 Å². The van der Waals surface area contributed by atoms with E-state index in [4.69, 9.17) is 9.40 Å². The number of anilines is 1. The molecule has 5 rings (SSSR count). The fraction of sp³-hybridized carbons (Fsp3) is 0.0870. The zero-order valence-electron chi connectivity index (χ0n) is 16.1. The molecule has 0 aliphatic carbocycles. The Labute approximate surface area is 181 Å². The lowest BCUT2D eigenvalue weighted by Gasteiger charge is -2.05. The lowest BCUT2D eigenvalue weighted by molar-refractivity contribution is -0.113. The maximum absolute atomic E-state index is 12.3. The summed E-state index contributed by atoms with van der Waals surface area (Å²) in [6.07, 6.45) is 0. The van der Waals surface area contributed by atoms with Crippen molar-refractivity contribution in [3.63, 3.8) is 0 Å². The number of aryl methyl sites for hydroxylation is 1. The van der Waals surface area contributed by atoms with Gasteiger partial charge in [-0.15, -0.1) is 11.3 Å². The molecule has 0 spiro atoms. The summed E-state index contributed by atoms with van der Waals surface area (Å²) in [6, 6.07) is 21.6. The summed E-state index contributed by atoms with van der Waals surface area (Å²) >= 11 is 2.95. The van der Waals surface area contributed by atoms with Gasteiger partial charge in [0, 0.05) is 11.3 Å². The summed E-state index contributed by atoms with van der Waals surface area (Å²) in [6.45, 7) is 2.07. The Balaban J connectivity index is 1.23. The highest BCUT2D eigenvalue weighted by Gasteiger charge is 2.10. The number of oxazole rings is 1. The number of carbonyl (C=O) groups is 1. The molecule has 30 heavy (non-hydrogen) atoms. The first-order valence-corrected chi connectivity index (χ1v) is 11.2. The number of thiazole rings is 1. The van der Waals surface area contributed by atoms with E-state index in [2.05, 4.69) is 35.4 Å². The van der Waals surface area contributed by atoms with Gasteiger partial charge in [0.2, 0.25) is 5.91 Å². The van der Waals surface area contributed by atoms with Gasteiger partial charge in [-0.25, -0.2) is 9.97 Å². The first kappa shape index (κ1) is 18.8. The molecule has 0 aliphatic heterocycles. The Morgan fingerprint density at radius 3 is 2.70 bits per heavy atom. The summed E-state index contributed by atoms with van der Waals surface area (Å²) in [5, 5.41) is 4.38. The number of nitrogens with zero attached hydrogens (tertiary/aromatic N) is 2. The van der Waals surface area contributed by atoms with Gasteiger partial charge < -0.3 is 9.73 Å². The number of thioether (sulfide) groups is 1. The van der Waals surface area contributed by atoms with Crippen molar-refractivity contribution in [3.8, 4) is 10.6 Å². The standard InChI is InChI=1S/C23H17N3O2S2/c1-14-6-11-20-18(12-14)25-22(30-20)15-7-9-16(10-8-15)24-21(27)13-29-23-26-17-4-2-3-5-19(17)28-23/h2-12H,13H2,1H3,(H,24,27). The van der Waals surface area contributed by atoms with Crippen molar-refractivity contribution in [2.45, 2.75) is 12.1 Å². The van der Waals surface area contributed by atoms with Crippen LogP contribution in [0.5, 0.6) is 0 Å². The molecule has 0 unspecified atom stereocenters. The molecule has 1 N–H and O–H groups in total. The van der Waals surface area contributed by atoms with Crippen LogP contribution in [-0.2, 0) is 4.79 Å². The lowest BCUT2D eigenvalue weighted by Crippen LogP contribution is -2.13. The maximum atomic E-state index is 12.3. The molecule has 2 aromatic heterocycles. The highest BCUT2D eigenvalue weighted by atomic mass is 32.2. The number of hydrogen-bond donors (Lipinski definition) is 1. The third kappa shape index (κ3) is 3.94. The molecule has 7 heteroatoms. The van der Waals surface area contributed by atoms with Crippen LogP contribution in [0.1, 0.15) is 5.56 Å². The van der Waals surface area contributed by atoms with Gasteiger partial charge in [-0.05, 0) is 61.0 Å². The molecule has 0 bridgehead atoms. The number of carbonyl (C=O) groups excluding carboxylic acids is 1. The maximum Gasteiger partial charge on any atom is 0.257 e. The summed E-state index contributed by atoms with van der Waals surface area (Å²) in [4.78, 5) is 21.4. The molecular formula is C23H17N3O2S2. The van der Waals surface area contributed by atoms with Gasteiger partial charge in [-0.3, -0.25) is 4.79 Å². The molecule has 0 saturated heterocycles. The molecule has 3 aromatic carbocycles. The summed E-state index contributed by atoms with van der Waals surface area (Å²) in [7, 11) is 0.